The Hall–Kier alpha value is -6.42. The van der Waals surface area contributed by atoms with Gasteiger partial charge in [0.05, 0.1) is 0 Å². The average molecular weight is 703 g/mol. The Morgan fingerprint density at radius 2 is 0.981 bits per heavy atom. The summed E-state index contributed by atoms with van der Waals surface area (Å²) < 4.78 is 12.2. The molecule has 1 aliphatic rings. The van der Waals surface area contributed by atoms with Crippen molar-refractivity contribution >= 4 is 86.5 Å². The van der Waals surface area contributed by atoms with Crippen molar-refractivity contribution in [1.29, 1.82) is 0 Å². The summed E-state index contributed by atoms with van der Waals surface area (Å²) in [5.74, 6) is 3.45. The van der Waals surface area contributed by atoms with E-state index in [-0.39, 0.29) is 0 Å². The molecule has 0 fully saturated rings. The molecule has 254 valence electrons. The molecule has 53 heavy (non-hydrogen) atoms. The third-order valence-electron chi connectivity index (χ3n) is 10.6. The Morgan fingerprint density at radius 1 is 0.528 bits per heavy atom. The number of aromatic nitrogens is 3. The van der Waals surface area contributed by atoms with Crippen LogP contribution >= 0.6 is 0 Å². The minimum atomic E-state index is -3.15. The van der Waals surface area contributed by atoms with Crippen LogP contribution in [0, 0.1) is 0 Å². The van der Waals surface area contributed by atoms with Crippen LogP contribution in [0.5, 0.6) is 0 Å². The number of H-pyrrole nitrogens is 1. The molecule has 0 amide bonds. The minimum Gasteiger partial charge on any atom is -0.449 e. The highest BCUT2D eigenvalue weighted by atomic mass is 28.4. The summed E-state index contributed by atoms with van der Waals surface area (Å²) in [6, 6.07) is 57.5. The van der Waals surface area contributed by atoms with Gasteiger partial charge in [-0.1, -0.05) is 164 Å². The molecule has 7 nitrogen and oxygen atoms in total. The smallest absolute Gasteiger partial charge is 0.409 e. The number of benzene rings is 6. The molecule has 9 heteroatoms. The molecule has 0 aliphatic carbocycles. The molecule has 0 atom stereocenters. The monoisotopic (exact) mass is 702 g/mol. The quantitative estimate of drug-likeness (QED) is 0.142. The maximum atomic E-state index is 7.82. The first-order valence-corrected chi connectivity index (χ1v) is 19.9. The van der Waals surface area contributed by atoms with Crippen molar-refractivity contribution < 1.29 is 4.34 Å². The highest BCUT2D eigenvalue weighted by molar-refractivity contribution is 7.09. The zero-order valence-corrected chi connectivity index (χ0v) is 30.4. The largest absolute Gasteiger partial charge is 0.449 e. The Bertz CT molecular complexity index is 2840. The summed E-state index contributed by atoms with van der Waals surface area (Å²) in [5, 5.41) is 13.5. The molecule has 0 spiro atoms. The molecule has 0 unspecified atom stereocenters. The Balaban J connectivity index is 1.34. The number of aromatic amines is 1. The van der Waals surface area contributed by atoms with E-state index in [2.05, 4.69) is 197 Å². The first-order valence-electron chi connectivity index (χ1n) is 18.0. The third-order valence-corrected chi connectivity index (χ3v) is 14.7. The number of nitrogens with one attached hydrogen (secondary N) is 2. The van der Waals surface area contributed by atoms with Gasteiger partial charge in [-0.2, -0.15) is 0 Å². The topological polar surface area (TPSA) is 71.6 Å². The second-order valence-electron chi connectivity index (χ2n) is 13.6. The van der Waals surface area contributed by atoms with E-state index in [1.807, 2.05) is 0 Å². The first kappa shape index (κ1) is 31.3. The molecule has 3 aromatic heterocycles. The number of fused-ring (bicyclic) bond motifs is 15. The predicted molar refractivity (Wildman–Crippen MR) is 220 cm³/mol. The maximum absolute atomic E-state index is 7.82. The van der Waals surface area contributed by atoms with Gasteiger partial charge in [0.15, 0.2) is 0 Å². The Morgan fingerprint density at radius 3 is 1.55 bits per heavy atom. The van der Waals surface area contributed by atoms with Gasteiger partial charge in [-0.15, -0.1) is 0 Å². The molecule has 2 N–H and O–H groups in total. The van der Waals surface area contributed by atoms with Crippen molar-refractivity contribution in [2.45, 2.75) is 6.82 Å². The minimum absolute atomic E-state index is 0.500. The Labute approximate surface area is 307 Å². The molecule has 9 aromatic rings. The molecule has 0 saturated heterocycles. The molecule has 6 bridgehead atoms. The van der Waals surface area contributed by atoms with E-state index < -0.39 is 15.4 Å². The van der Waals surface area contributed by atoms with Gasteiger partial charge in [-0.3, -0.25) is 0 Å². The van der Waals surface area contributed by atoms with Gasteiger partial charge in [-0.05, 0) is 22.4 Å². The number of nitrogens with zero attached hydrogens (tertiary/aromatic N) is 4. The molecule has 0 radical (unpaired) electrons. The van der Waals surface area contributed by atoms with Gasteiger partial charge in [0.25, 0.3) is 8.32 Å². The molecule has 1 aliphatic heterocycles. The van der Waals surface area contributed by atoms with Gasteiger partial charge >= 0.3 is 7.05 Å². The number of hydrogen-bond acceptors (Lipinski definition) is 4. The maximum Gasteiger partial charge on any atom is 0.409 e. The van der Waals surface area contributed by atoms with Gasteiger partial charge in [0.2, 0.25) is 0 Å². The highest BCUT2D eigenvalue weighted by Crippen LogP contribution is 2.39. The number of hydrogen-bond donors (Lipinski definition) is 2. The van der Waals surface area contributed by atoms with Crippen LogP contribution in [0.1, 0.15) is 0 Å². The Kier molecular flexibility index (Phi) is 7.31. The fourth-order valence-corrected chi connectivity index (χ4v) is 12.2. The molecule has 6 aromatic carbocycles. The van der Waals surface area contributed by atoms with Crippen LogP contribution in [0.4, 0.5) is 23.3 Å². The molecule has 0 saturated carbocycles. The van der Waals surface area contributed by atoms with Crippen LogP contribution in [0.2, 0.25) is 6.82 Å². The lowest BCUT2D eigenvalue weighted by atomic mass is 9.88. The van der Waals surface area contributed by atoms with Crippen LogP contribution in [0.15, 0.2) is 174 Å². The van der Waals surface area contributed by atoms with E-state index in [9.17, 15) is 0 Å². The van der Waals surface area contributed by atoms with Gasteiger partial charge in [-0.25, -0.2) is 9.98 Å². The molecular weight excluding hydrogens is 667 g/mol. The van der Waals surface area contributed by atoms with Crippen molar-refractivity contribution in [2.24, 2.45) is 17.0 Å². The van der Waals surface area contributed by atoms with Crippen molar-refractivity contribution in [1.82, 2.24) is 14.0 Å². The zero-order valence-electron chi connectivity index (χ0n) is 29.4. The van der Waals surface area contributed by atoms with Crippen molar-refractivity contribution in [2.75, 3.05) is 5.32 Å². The predicted octanol–water partition coefficient (Wildman–Crippen LogP) is 7.22. The van der Waals surface area contributed by atoms with Crippen LogP contribution < -0.4 is 31.9 Å². The third kappa shape index (κ3) is 4.85. The number of anilines is 2. The summed E-state index contributed by atoms with van der Waals surface area (Å²) in [6.45, 7) is 2.15. The van der Waals surface area contributed by atoms with Crippen LogP contribution in [-0.2, 0) is 11.4 Å². The standard InChI is InChI=1S/C44H35BN6OSi/c1-45(52-53(30-18-6-3-7-19-30,31-20-8-4-9-21-31)32-22-10-5-11-23-32)51-43-37-28-16-17-29-38(37)44(51)49-42-36-27-15-14-26-35(36)41(50(42)2)47-39-33-24-12-13-25-34(33)40(46-39)48-43/h3-29,46-47H,1-2H3. The average Bonchev–Trinajstić information content (AvgIpc) is 3.82. The van der Waals surface area contributed by atoms with Crippen molar-refractivity contribution in [3.8, 4) is 0 Å². The second kappa shape index (κ2) is 12.4. The van der Waals surface area contributed by atoms with Crippen LogP contribution in [0.3, 0.4) is 0 Å². The summed E-state index contributed by atoms with van der Waals surface area (Å²) in [4.78, 5) is 14.8. The van der Waals surface area contributed by atoms with Crippen molar-refractivity contribution in [3.05, 3.63) is 175 Å². The fraction of sp³-hybridized carbons (Fsp3) is 0.0455. The van der Waals surface area contributed by atoms with E-state index in [4.69, 9.17) is 14.3 Å². The zero-order chi connectivity index (χ0) is 35.5. The lowest BCUT2D eigenvalue weighted by Gasteiger charge is -2.35. The molecule has 10 rings (SSSR count). The summed E-state index contributed by atoms with van der Waals surface area (Å²) >= 11 is 0. The van der Waals surface area contributed by atoms with E-state index in [1.54, 1.807) is 0 Å². The van der Waals surface area contributed by atoms with Crippen LogP contribution in [-0.4, -0.2) is 29.4 Å². The SMILES string of the molecule is CB(O[Si](c1ccccc1)(c1ccccc1)c1ccccc1)n1c2c3ccccc3c1=Nc1c3ccccc3c(n1C)Nc1[nH]c(c3ccccc13)N=2. The highest BCUT2D eigenvalue weighted by Gasteiger charge is 2.44. The van der Waals surface area contributed by atoms with Gasteiger partial charge in [0, 0.05) is 39.4 Å². The summed E-state index contributed by atoms with van der Waals surface area (Å²) in [7, 11) is -1.57. The first-order chi connectivity index (χ1) is 26.1. The molecular formula is C44H35BN6OSi. The van der Waals surface area contributed by atoms with Gasteiger partial charge in [0.1, 0.15) is 34.2 Å². The van der Waals surface area contributed by atoms with E-state index in [0.717, 1.165) is 82.1 Å². The summed E-state index contributed by atoms with van der Waals surface area (Å²) in [6.07, 6.45) is 0. The normalized spacial score (nSPS) is 12.5. The fourth-order valence-electron chi connectivity index (χ4n) is 8.15. The summed E-state index contributed by atoms with van der Waals surface area (Å²) in [5.41, 5.74) is 1.57. The van der Waals surface area contributed by atoms with Crippen molar-refractivity contribution in [3.63, 3.8) is 0 Å². The van der Waals surface area contributed by atoms with E-state index in [0.29, 0.717) is 0 Å². The molecule has 4 heterocycles. The van der Waals surface area contributed by atoms with Gasteiger partial charge < -0.3 is 23.7 Å². The lowest BCUT2D eigenvalue weighted by Crippen LogP contribution is -2.71. The van der Waals surface area contributed by atoms with E-state index >= 15 is 0 Å². The van der Waals surface area contributed by atoms with Crippen LogP contribution in [0.25, 0.3) is 32.3 Å². The van der Waals surface area contributed by atoms with E-state index in [1.165, 1.54) is 0 Å². The second-order valence-corrected chi connectivity index (χ2v) is 16.9. The lowest BCUT2D eigenvalue weighted by molar-refractivity contribution is 0.574. The number of rotatable bonds is 6.